The van der Waals surface area contributed by atoms with Crippen molar-refractivity contribution in [1.29, 1.82) is 0 Å². The quantitative estimate of drug-likeness (QED) is 0.789. The van der Waals surface area contributed by atoms with E-state index in [-0.39, 0.29) is 6.04 Å². The number of rotatable bonds is 5. The van der Waals surface area contributed by atoms with Crippen molar-refractivity contribution in [1.82, 2.24) is 4.90 Å². The van der Waals surface area contributed by atoms with Crippen LogP contribution in [0.25, 0.3) is 0 Å². The summed E-state index contributed by atoms with van der Waals surface area (Å²) in [5.41, 5.74) is 5.93. The van der Waals surface area contributed by atoms with Crippen LogP contribution >= 0.6 is 54.5 Å². The highest BCUT2D eigenvalue weighted by molar-refractivity contribution is 9.13. The van der Waals surface area contributed by atoms with Gasteiger partial charge in [-0.3, -0.25) is 4.90 Å². The van der Waals surface area contributed by atoms with Crippen LogP contribution in [-0.4, -0.2) is 18.5 Å². The van der Waals surface area contributed by atoms with Crippen molar-refractivity contribution in [3.05, 3.63) is 41.6 Å². The van der Waals surface area contributed by atoms with Crippen molar-refractivity contribution in [3.8, 4) is 0 Å². The molecule has 1 atom stereocenters. The van der Waals surface area contributed by atoms with Gasteiger partial charge in [-0.2, -0.15) is 0 Å². The lowest BCUT2D eigenvalue weighted by atomic mass is 10.2. The average Bonchev–Trinajstić information content (AvgIpc) is 2.92. The van der Waals surface area contributed by atoms with Gasteiger partial charge in [-0.25, -0.2) is 0 Å². The topological polar surface area (TPSA) is 29.3 Å². The molecule has 0 radical (unpaired) electrons. The van der Waals surface area contributed by atoms with Gasteiger partial charge in [0.15, 0.2) is 0 Å². The summed E-state index contributed by atoms with van der Waals surface area (Å²) in [6.07, 6.45) is 0. The molecule has 98 valence electrons. The molecule has 0 amide bonds. The summed E-state index contributed by atoms with van der Waals surface area (Å²) in [5.74, 6) is 0. The predicted molar refractivity (Wildman–Crippen MR) is 87.3 cm³/mol. The molecule has 2 rings (SSSR count). The molecule has 2 aromatic heterocycles. The fourth-order valence-electron chi connectivity index (χ4n) is 1.80. The summed E-state index contributed by atoms with van der Waals surface area (Å²) in [6.45, 7) is 1.56. The van der Waals surface area contributed by atoms with Crippen LogP contribution in [0.3, 0.4) is 0 Å². The third-order valence-corrected chi connectivity index (χ3v) is 6.95. The second-order valence-corrected chi connectivity index (χ2v) is 8.30. The summed E-state index contributed by atoms with van der Waals surface area (Å²) < 4.78 is 2.23. The maximum absolute atomic E-state index is 5.93. The van der Waals surface area contributed by atoms with E-state index >= 15 is 0 Å². The Morgan fingerprint density at radius 2 is 2.22 bits per heavy atom. The van der Waals surface area contributed by atoms with Gasteiger partial charge in [0.2, 0.25) is 0 Å². The van der Waals surface area contributed by atoms with Gasteiger partial charge in [-0.1, -0.05) is 6.07 Å². The standard InChI is InChI=1S/C12H14Br2N2S2/c1-16(7-8-3-2-4-17-8)10(6-15)11-5-9(13)12(14)18-11/h2-5,10H,6-7,15H2,1H3. The SMILES string of the molecule is CN(Cc1cccs1)C(CN)c1cc(Br)c(Br)s1. The van der Waals surface area contributed by atoms with E-state index in [0.29, 0.717) is 6.54 Å². The summed E-state index contributed by atoms with van der Waals surface area (Å²) in [4.78, 5) is 4.96. The van der Waals surface area contributed by atoms with Crippen molar-refractivity contribution in [2.75, 3.05) is 13.6 Å². The minimum absolute atomic E-state index is 0.264. The lowest BCUT2D eigenvalue weighted by Gasteiger charge is -2.25. The van der Waals surface area contributed by atoms with E-state index in [1.807, 2.05) is 0 Å². The number of nitrogens with zero attached hydrogens (tertiary/aromatic N) is 1. The molecule has 1 unspecified atom stereocenters. The lowest BCUT2D eigenvalue weighted by Crippen LogP contribution is -2.29. The van der Waals surface area contributed by atoms with Gasteiger partial charge in [0.1, 0.15) is 0 Å². The Bertz CT molecular complexity index is 477. The molecule has 0 aliphatic rings. The second-order valence-electron chi connectivity index (χ2n) is 4.02. The summed E-state index contributed by atoms with van der Waals surface area (Å²) in [6, 6.07) is 6.66. The van der Waals surface area contributed by atoms with Crippen LogP contribution in [0, 0.1) is 0 Å². The molecule has 0 aliphatic heterocycles. The van der Waals surface area contributed by atoms with E-state index < -0.39 is 0 Å². The molecule has 0 saturated carbocycles. The first-order valence-electron chi connectivity index (χ1n) is 5.49. The maximum atomic E-state index is 5.93. The predicted octanol–water partition coefficient (Wildman–Crippen LogP) is 4.47. The van der Waals surface area contributed by atoms with Crippen molar-refractivity contribution in [3.63, 3.8) is 0 Å². The molecule has 2 nitrogen and oxygen atoms in total. The number of hydrogen-bond donors (Lipinski definition) is 1. The second kappa shape index (κ2) is 6.63. The van der Waals surface area contributed by atoms with Crippen LogP contribution in [0.5, 0.6) is 0 Å². The van der Waals surface area contributed by atoms with Crippen LogP contribution < -0.4 is 5.73 Å². The molecular weight excluding hydrogens is 396 g/mol. The lowest BCUT2D eigenvalue weighted by molar-refractivity contribution is 0.247. The number of thiophene rings is 2. The van der Waals surface area contributed by atoms with Gasteiger partial charge in [-0.05, 0) is 56.4 Å². The van der Waals surface area contributed by atoms with Crippen LogP contribution in [0.2, 0.25) is 0 Å². The number of likely N-dealkylation sites (N-methyl/N-ethyl adjacent to an activating group) is 1. The zero-order chi connectivity index (χ0) is 13.1. The van der Waals surface area contributed by atoms with Crippen LogP contribution in [0.15, 0.2) is 31.8 Å². The highest BCUT2D eigenvalue weighted by Gasteiger charge is 2.19. The number of halogens is 2. The minimum Gasteiger partial charge on any atom is -0.329 e. The molecule has 0 aliphatic carbocycles. The molecule has 2 aromatic rings. The largest absolute Gasteiger partial charge is 0.329 e. The zero-order valence-electron chi connectivity index (χ0n) is 9.90. The Morgan fingerprint density at radius 3 is 2.72 bits per heavy atom. The van der Waals surface area contributed by atoms with Gasteiger partial charge in [0, 0.05) is 27.3 Å². The Morgan fingerprint density at radius 1 is 1.44 bits per heavy atom. The Labute approximate surface area is 132 Å². The number of hydrogen-bond acceptors (Lipinski definition) is 4. The van der Waals surface area contributed by atoms with Gasteiger partial charge >= 0.3 is 0 Å². The molecular formula is C12H14Br2N2S2. The monoisotopic (exact) mass is 408 g/mol. The van der Waals surface area contributed by atoms with Crippen molar-refractivity contribution in [2.45, 2.75) is 12.6 Å². The molecule has 0 bridgehead atoms. The van der Waals surface area contributed by atoms with Crippen LogP contribution in [0.4, 0.5) is 0 Å². The maximum Gasteiger partial charge on any atom is 0.0843 e. The number of nitrogens with two attached hydrogens (primary N) is 1. The Balaban J connectivity index is 2.12. The van der Waals surface area contributed by atoms with Crippen molar-refractivity contribution in [2.24, 2.45) is 5.73 Å². The Hall–Kier alpha value is 0.280. The van der Waals surface area contributed by atoms with Crippen LogP contribution in [-0.2, 0) is 6.54 Å². The van der Waals surface area contributed by atoms with E-state index in [0.717, 1.165) is 14.8 Å². The first kappa shape index (κ1) is 14.7. The third-order valence-electron chi connectivity index (χ3n) is 2.73. The highest BCUT2D eigenvalue weighted by Crippen LogP contribution is 2.37. The Kier molecular flexibility index (Phi) is 5.41. The summed E-state index contributed by atoms with van der Waals surface area (Å²) >= 11 is 10.6. The summed E-state index contributed by atoms with van der Waals surface area (Å²) in [5, 5.41) is 2.11. The van der Waals surface area contributed by atoms with E-state index in [9.17, 15) is 0 Å². The molecule has 2 heterocycles. The van der Waals surface area contributed by atoms with E-state index in [2.05, 4.69) is 67.4 Å². The van der Waals surface area contributed by atoms with Crippen molar-refractivity contribution >= 4 is 54.5 Å². The van der Waals surface area contributed by atoms with Gasteiger partial charge < -0.3 is 5.73 Å². The van der Waals surface area contributed by atoms with Gasteiger partial charge in [0.05, 0.1) is 9.83 Å². The van der Waals surface area contributed by atoms with E-state index in [1.54, 1.807) is 22.7 Å². The van der Waals surface area contributed by atoms with Crippen molar-refractivity contribution < 1.29 is 0 Å². The van der Waals surface area contributed by atoms with Gasteiger partial charge in [0.25, 0.3) is 0 Å². The average molecular weight is 410 g/mol. The first-order valence-corrected chi connectivity index (χ1v) is 8.77. The van der Waals surface area contributed by atoms with Crippen LogP contribution in [0.1, 0.15) is 15.8 Å². The molecule has 6 heteroatoms. The highest BCUT2D eigenvalue weighted by atomic mass is 79.9. The molecule has 2 N–H and O–H groups in total. The minimum atomic E-state index is 0.264. The van der Waals surface area contributed by atoms with E-state index in [1.165, 1.54) is 9.75 Å². The molecule has 18 heavy (non-hydrogen) atoms. The normalized spacial score (nSPS) is 13.2. The molecule has 0 fully saturated rings. The van der Waals surface area contributed by atoms with Gasteiger partial charge in [-0.15, -0.1) is 22.7 Å². The fourth-order valence-corrected chi connectivity index (χ4v) is 4.84. The molecule has 0 saturated heterocycles. The fraction of sp³-hybridized carbons (Fsp3) is 0.333. The summed E-state index contributed by atoms with van der Waals surface area (Å²) in [7, 11) is 2.12. The smallest absolute Gasteiger partial charge is 0.0843 e. The first-order chi connectivity index (χ1) is 8.61. The van der Waals surface area contributed by atoms with E-state index in [4.69, 9.17) is 5.73 Å². The molecule has 0 aromatic carbocycles. The zero-order valence-corrected chi connectivity index (χ0v) is 14.7. The third kappa shape index (κ3) is 3.43. The molecule has 0 spiro atoms.